The molecule has 1 fully saturated rings. The molecule has 1 N–H and O–H groups in total. The second kappa shape index (κ2) is 4.92. The maximum absolute atomic E-state index is 3.53. The molecule has 2 aromatic rings. The molecule has 0 radical (unpaired) electrons. The van der Waals surface area contributed by atoms with Crippen LogP contribution < -0.4 is 5.32 Å². The Kier molecular flexibility index (Phi) is 3.40. The van der Waals surface area contributed by atoms with Gasteiger partial charge in [-0.15, -0.1) is 11.3 Å². The number of hydrogen-bond donors (Lipinski definition) is 1. The number of fused-ring (bicyclic) bond motifs is 1. The molecule has 0 saturated heterocycles. The predicted octanol–water partition coefficient (Wildman–Crippen LogP) is 4.78. The van der Waals surface area contributed by atoms with Gasteiger partial charge in [-0.1, -0.05) is 32.0 Å². The van der Waals surface area contributed by atoms with Crippen LogP contribution in [0.15, 0.2) is 30.3 Å². The Labute approximate surface area is 120 Å². The van der Waals surface area contributed by atoms with Gasteiger partial charge in [0.1, 0.15) is 0 Å². The summed E-state index contributed by atoms with van der Waals surface area (Å²) >= 11 is 2.00. The third kappa shape index (κ3) is 1.85. The zero-order chi connectivity index (χ0) is 13.5. The van der Waals surface area contributed by atoms with Crippen molar-refractivity contribution in [2.45, 2.75) is 45.1 Å². The second-order valence-electron chi connectivity index (χ2n) is 5.76. The summed E-state index contributed by atoms with van der Waals surface area (Å²) in [4.78, 5) is 1.59. The molecule has 1 aromatic carbocycles. The molecule has 1 saturated carbocycles. The maximum Gasteiger partial charge on any atom is 0.0345 e. The van der Waals surface area contributed by atoms with Gasteiger partial charge in [-0.2, -0.15) is 0 Å². The van der Waals surface area contributed by atoms with Gasteiger partial charge in [0.15, 0.2) is 0 Å². The highest BCUT2D eigenvalue weighted by atomic mass is 32.1. The van der Waals surface area contributed by atoms with E-state index in [2.05, 4.69) is 56.5 Å². The molecule has 0 aliphatic heterocycles. The number of thiophene rings is 1. The zero-order valence-corrected chi connectivity index (χ0v) is 12.9. The van der Waals surface area contributed by atoms with Crippen molar-refractivity contribution in [1.82, 2.24) is 5.32 Å². The van der Waals surface area contributed by atoms with E-state index in [1.807, 2.05) is 11.3 Å². The minimum Gasteiger partial charge on any atom is -0.316 e. The predicted molar refractivity (Wildman–Crippen MR) is 85.0 cm³/mol. The van der Waals surface area contributed by atoms with E-state index in [4.69, 9.17) is 0 Å². The van der Waals surface area contributed by atoms with Gasteiger partial charge in [0.2, 0.25) is 0 Å². The summed E-state index contributed by atoms with van der Waals surface area (Å²) in [6, 6.07) is 11.9. The molecule has 1 nitrogen and oxygen atoms in total. The van der Waals surface area contributed by atoms with Gasteiger partial charge >= 0.3 is 0 Å². The molecule has 102 valence electrons. The van der Waals surface area contributed by atoms with Crippen LogP contribution in [-0.4, -0.2) is 13.1 Å². The quantitative estimate of drug-likeness (QED) is 0.845. The minimum absolute atomic E-state index is 0.468. The normalized spacial score (nSPS) is 25.4. The van der Waals surface area contributed by atoms with Gasteiger partial charge in [-0.25, -0.2) is 0 Å². The summed E-state index contributed by atoms with van der Waals surface area (Å²) in [5.41, 5.74) is 0.468. The molecule has 2 heteroatoms. The standard InChI is InChI=1S/C17H23NS/c1-4-17(5-2)13(11-16(17)18-3)15-10-12-8-6-7-9-14(12)19-15/h6-10,13,16,18H,4-5,11H2,1-3H3. The van der Waals surface area contributed by atoms with Gasteiger partial charge in [0, 0.05) is 21.5 Å². The molecule has 2 unspecified atom stereocenters. The van der Waals surface area contributed by atoms with Crippen LogP contribution in [0.2, 0.25) is 0 Å². The van der Waals surface area contributed by atoms with E-state index >= 15 is 0 Å². The van der Waals surface area contributed by atoms with E-state index in [0.29, 0.717) is 11.5 Å². The van der Waals surface area contributed by atoms with Crippen LogP contribution in [0.3, 0.4) is 0 Å². The van der Waals surface area contributed by atoms with Crippen molar-refractivity contribution in [2.75, 3.05) is 7.05 Å². The fourth-order valence-electron chi connectivity index (χ4n) is 4.00. The highest BCUT2D eigenvalue weighted by Crippen LogP contribution is 2.58. The van der Waals surface area contributed by atoms with Gasteiger partial charge in [0.25, 0.3) is 0 Å². The average Bonchev–Trinajstić information content (AvgIpc) is 2.83. The van der Waals surface area contributed by atoms with Gasteiger partial charge in [-0.3, -0.25) is 0 Å². The average molecular weight is 273 g/mol. The molecule has 0 amide bonds. The van der Waals surface area contributed by atoms with Crippen LogP contribution in [0.5, 0.6) is 0 Å². The van der Waals surface area contributed by atoms with Gasteiger partial charge in [-0.05, 0) is 49.2 Å². The van der Waals surface area contributed by atoms with Crippen molar-refractivity contribution in [3.05, 3.63) is 35.2 Å². The lowest BCUT2D eigenvalue weighted by atomic mass is 9.53. The smallest absolute Gasteiger partial charge is 0.0345 e. The lowest BCUT2D eigenvalue weighted by Crippen LogP contribution is -2.56. The molecule has 19 heavy (non-hydrogen) atoms. The molecular weight excluding hydrogens is 250 g/mol. The maximum atomic E-state index is 3.53. The van der Waals surface area contributed by atoms with E-state index < -0.39 is 0 Å². The van der Waals surface area contributed by atoms with Crippen molar-refractivity contribution >= 4 is 21.4 Å². The summed E-state index contributed by atoms with van der Waals surface area (Å²) in [5.74, 6) is 0.748. The van der Waals surface area contributed by atoms with Crippen molar-refractivity contribution < 1.29 is 0 Å². The van der Waals surface area contributed by atoms with Crippen LogP contribution in [0.4, 0.5) is 0 Å². The molecule has 1 aromatic heterocycles. The summed E-state index contributed by atoms with van der Waals surface area (Å²) in [7, 11) is 2.12. The Balaban J connectivity index is 1.97. The fraction of sp³-hybridized carbons (Fsp3) is 0.529. The van der Waals surface area contributed by atoms with Crippen LogP contribution in [0.25, 0.3) is 10.1 Å². The molecule has 1 aliphatic rings. The first-order valence-corrected chi connectivity index (χ1v) is 8.22. The minimum atomic E-state index is 0.468. The zero-order valence-electron chi connectivity index (χ0n) is 12.1. The number of rotatable bonds is 4. The number of nitrogens with one attached hydrogen (secondary N) is 1. The lowest BCUT2D eigenvalue weighted by molar-refractivity contribution is 0.0265. The third-order valence-corrected chi connectivity index (χ3v) is 6.54. The van der Waals surface area contributed by atoms with E-state index in [0.717, 1.165) is 5.92 Å². The lowest BCUT2D eigenvalue weighted by Gasteiger charge is -2.56. The summed E-state index contributed by atoms with van der Waals surface area (Å²) in [6.07, 6.45) is 3.84. The van der Waals surface area contributed by atoms with E-state index in [-0.39, 0.29) is 0 Å². The highest BCUT2D eigenvalue weighted by molar-refractivity contribution is 7.19. The fourth-order valence-corrected chi connectivity index (χ4v) is 5.31. The van der Waals surface area contributed by atoms with Crippen LogP contribution in [-0.2, 0) is 0 Å². The second-order valence-corrected chi connectivity index (χ2v) is 6.87. The van der Waals surface area contributed by atoms with E-state index in [1.165, 1.54) is 29.3 Å². The molecule has 0 bridgehead atoms. The van der Waals surface area contributed by atoms with E-state index in [9.17, 15) is 0 Å². The molecular formula is C17H23NS. The van der Waals surface area contributed by atoms with Crippen molar-refractivity contribution in [3.8, 4) is 0 Å². The van der Waals surface area contributed by atoms with Crippen molar-refractivity contribution in [1.29, 1.82) is 0 Å². The Hall–Kier alpha value is -0.860. The van der Waals surface area contributed by atoms with Crippen LogP contribution in [0, 0.1) is 5.41 Å². The largest absolute Gasteiger partial charge is 0.316 e. The van der Waals surface area contributed by atoms with Crippen LogP contribution >= 0.6 is 11.3 Å². The van der Waals surface area contributed by atoms with E-state index in [1.54, 1.807) is 4.88 Å². The first kappa shape index (κ1) is 13.1. The van der Waals surface area contributed by atoms with Gasteiger partial charge in [0.05, 0.1) is 0 Å². The highest BCUT2D eigenvalue weighted by Gasteiger charge is 2.52. The monoisotopic (exact) mass is 273 g/mol. The Morgan fingerprint density at radius 2 is 2.00 bits per heavy atom. The molecule has 2 atom stereocenters. The Morgan fingerprint density at radius 1 is 1.26 bits per heavy atom. The Bertz CT molecular complexity index is 534. The molecule has 0 spiro atoms. The van der Waals surface area contributed by atoms with Crippen molar-refractivity contribution in [3.63, 3.8) is 0 Å². The number of benzene rings is 1. The number of hydrogen-bond acceptors (Lipinski definition) is 2. The topological polar surface area (TPSA) is 12.0 Å². The van der Waals surface area contributed by atoms with Crippen LogP contribution in [0.1, 0.15) is 43.9 Å². The van der Waals surface area contributed by atoms with Crippen molar-refractivity contribution in [2.24, 2.45) is 5.41 Å². The summed E-state index contributed by atoms with van der Waals surface area (Å²) in [5, 5.41) is 4.95. The summed E-state index contributed by atoms with van der Waals surface area (Å²) < 4.78 is 1.44. The first-order valence-electron chi connectivity index (χ1n) is 7.41. The molecule has 1 aliphatic carbocycles. The summed E-state index contributed by atoms with van der Waals surface area (Å²) in [6.45, 7) is 4.71. The Morgan fingerprint density at radius 3 is 2.63 bits per heavy atom. The third-order valence-electron chi connectivity index (χ3n) is 5.31. The molecule has 1 heterocycles. The van der Waals surface area contributed by atoms with Gasteiger partial charge < -0.3 is 5.32 Å². The SMILES string of the molecule is CCC1(CC)C(NC)CC1c1cc2ccccc2s1. The molecule has 3 rings (SSSR count). The first-order chi connectivity index (χ1) is 9.25.